The largest absolute Gasteiger partial charge is 0.168 e. The molecule has 0 fully saturated rings. The van der Waals surface area contributed by atoms with Crippen molar-refractivity contribution in [2.45, 2.75) is 53.3 Å². The van der Waals surface area contributed by atoms with Gasteiger partial charge in [0.05, 0.1) is 0 Å². The quantitative estimate of drug-likeness (QED) is 0.469. The topological polar surface area (TPSA) is 0 Å². The Hall–Kier alpha value is 0.507. The Bertz CT molecular complexity index is 133. The van der Waals surface area contributed by atoms with E-state index in [9.17, 15) is 0 Å². The highest BCUT2D eigenvalue weighted by atomic mass is 35.6. The summed E-state index contributed by atoms with van der Waals surface area (Å²) in [6.45, 7) is 13.7. The van der Waals surface area contributed by atoms with Gasteiger partial charge in [-0.25, -0.2) is 0 Å². The number of rotatable bonds is 4. The van der Waals surface area contributed by atoms with Gasteiger partial charge >= 0.3 is 0 Å². The number of hydrogen-bond acceptors (Lipinski definition) is 0. The Morgan fingerprint density at radius 1 is 1.25 bits per heavy atom. The molecule has 74 valence electrons. The van der Waals surface area contributed by atoms with Crippen LogP contribution in [0.5, 0.6) is 0 Å². The molecule has 0 N–H and O–H groups in total. The van der Waals surface area contributed by atoms with E-state index in [-0.39, 0.29) is 0 Å². The number of hydrogen-bond donors (Lipinski definition) is 0. The van der Waals surface area contributed by atoms with E-state index in [2.05, 4.69) is 40.8 Å². The van der Waals surface area contributed by atoms with Gasteiger partial charge in [-0.15, -0.1) is 0 Å². The van der Waals surface area contributed by atoms with Crippen LogP contribution in [0.1, 0.15) is 34.1 Å². The molecule has 0 spiro atoms. The molecule has 0 aromatic rings. The molecule has 0 bridgehead atoms. The monoisotopic (exact) mass is 206 g/mol. The minimum absolute atomic E-state index is 0.436. The van der Waals surface area contributed by atoms with Gasteiger partial charge in [0.2, 0.25) is 0 Å². The van der Waals surface area contributed by atoms with E-state index >= 15 is 0 Å². The molecule has 2 heteroatoms. The van der Waals surface area contributed by atoms with Crippen molar-refractivity contribution < 1.29 is 0 Å². The summed E-state index contributed by atoms with van der Waals surface area (Å²) in [7, 11) is -1.39. The third-order valence-electron chi connectivity index (χ3n) is 1.86. The van der Waals surface area contributed by atoms with Crippen molar-refractivity contribution in [2.24, 2.45) is 11.3 Å². The fourth-order valence-corrected chi connectivity index (χ4v) is 5.82. The lowest BCUT2D eigenvalue weighted by Crippen LogP contribution is -2.27. The molecule has 0 radical (unpaired) electrons. The minimum atomic E-state index is -1.39. The molecule has 0 aliphatic heterocycles. The van der Waals surface area contributed by atoms with E-state index in [1.807, 2.05) is 0 Å². The van der Waals surface area contributed by atoms with E-state index in [0.29, 0.717) is 5.41 Å². The van der Waals surface area contributed by atoms with Gasteiger partial charge in [0.15, 0.2) is 7.38 Å². The van der Waals surface area contributed by atoms with Crippen molar-refractivity contribution in [1.29, 1.82) is 0 Å². The molecule has 0 nitrogen and oxygen atoms in total. The Morgan fingerprint density at radius 3 is 1.92 bits per heavy atom. The maximum Gasteiger partial charge on any atom is 0.151 e. The summed E-state index contributed by atoms with van der Waals surface area (Å²) in [6.07, 6.45) is 1.29. The number of halogens is 1. The smallest absolute Gasteiger partial charge is 0.151 e. The predicted molar refractivity (Wildman–Crippen MR) is 61.4 cm³/mol. The molecule has 0 atom stereocenters. The zero-order chi connectivity index (χ0) is 9.99. The zero-order valence-corrected chi connectivity index (χ0v) is 11.1. The van der Waals surface area contributed by atoms with Crippen LogP contribution in [0.15, 0.2) is 0 Å². The van der Waals surface area contributed by atoms with E-state index in [0.717, 1.165) is 5.92 Å². The molecule has 12 heavy (non-hydrogen) atoms. The van der Waals surface area contributed by atoms with Gasteiger partial charge in [0.25, 0.3) is 0 Å². The van der Waals surface area contributed by atoms with E-state index in [1.54, 1.807) is 0 Å². The molecule has 0 saturated heterocycles. The van der Waals surface area contributed by atoms with Crippen LogP contribution in [0.3, 0.4) is 0 Å². The Labute approximate surface area is 83.4 Å². The van der Waals surface area contributed by atoms with E-state index in [4.69, 9.17) is 11.1 Å². The Kier molecular flexibility index (Phi) is 4.32. The third-order valence-corrected chi connectivity index (χ3v) is 4.06. The van der Waals surface area contributed by atoms with Crippen molar-refractivity contribution in [3.05, 3.63) is 0 Å². The molecular formula is C10H23ClSi. The van der Waals surface area contributed by atoms with Crippen LogP contribution in [0.25, 0.3) is 0 Å². The van der Waals surface area contributed by atoms with Gasteiger partial charge in [0.1, 0.15) is 0 Å². The Balaban J connectivity index is 4.04. The summed E-state index contributed by atoms with van der Waals surface area (Å²) in [5.41, 5.74) is 0.436. The molecular weight excluding hydrogens is 184 g/mol. The highest BCUT2D eigenvalue weighted by Crippen LogP contribution is 2.35. The molecule has 0 aromatic heterocycles. The van der Waals surface area contributed by atoms with Gasteiger partial charge in [-0.05, 0) is 23.8 Å². The molecule has 0 aliphatic carbocycles. The van der Waals surface area contributed by atoms with Crippen LogP contribution in [0.2, 0.25) is 19.1 Å². The summed E-state index contributed by atoms with van der Waals surface area (Å²) >= 11 is 6.34. The first-order valence-electron chi connectivity index (χ1n) is 4.81. The van der Waals surface area contributed by atoms with Crippen LogP contribution >= 0.6 is 11.1 Å². The summed E-state index contributed by atoms with van der Waals surface area (Å²) in [6, 6.07) is 1.22. The lowest BCUT2D eigenvalue weighted by atomic mass is 9.86. The average molecular weight is 207 g/mol. The van der Waals surface area contributed by atoms with Crippen molar-refractivity contribution in [3.8, 4) is 0 Å². The fraction of sp³-hybridized carbons (Fsp3) is 1.00. The van der Waals surface area contributed by atoms with Gasteiger partial charge < -0.3 is 0 Å². The van der Waals surface area contributed by atoms with Crippen molar-refractivity contribution >= 4 is 18.5 Å². The lowest BCUT2D eigenvalue weighted by Gasteiger charge is -2.31. The zero-order valence-electron chi connectivity index (χ0n) is 9.37. The SMILES string of the molecule is CC(C)CC(C)(C)C[Si](C)(C)Cl. The Morgan fingerprint density at radius 2 is 1.67 bits per heavy atom. The molecule has 0 amide bonds. The maximum atomic E-state index is 6.34. The highest BCUT2D eigenvalue weighted by molar-refractivity contribution is 7.19. The van der Waals surface area contributed by atoms with Gasteiger partial charge in [-0.3, -0.25) is 0 Å². The van der Waals surface area contributed by atoms with E-state index < -0.39 is 7.38 Å². The van der Waals surface area contributed by atoms with Gasteiger partial charge in [-0.2, -0.15) is 11.1 Å². The van der Waals surface area contributed by atoms with Crippen molar-refractivity contribution in [1.82, 2.24) is 0 Å². The van der Waals surface area contributed by atoms with Crippen LogP contribution in [0.4, 0.5) is 0 Å². The average Bonchev–Trinajstić information content (AvgIpc) is 1.48. The van der Waals surface area contributed by atoms with Crippen LogP contribution < -0.4 is 0 Å². The molecule has 0 unspecified atom stereocenters. The summed E-state index contributed by atoms with van der Waals surface area (Å²) in [5.74, 6) is 0.785. The summed E-state index contributed by atoms with van der Waals surface area (Å²) < 4.78 is 0. The summed E-state index contributed by atoms with van der Waals surface area (Å²) in [4.78, 5) is 0. The second-order valence-electron chi connectivity index (χ2n) is 5.66. The standard InChI is InChI=1S/C10H23ClSi/c1-9(2)7-10(3,4)8-12(5,6)11/h9H,7-8H2,1-6H3. The van der Waals surface area contributed by atoms with Crippen LogP contribution in [0, 0.1) is 11.3 Å². The minimum Gasteiger partial charge on any atom is -0.168 e. The second kappa shape index (κ2) is 4.14. The molecule has 0 aromatic carbocycles. The van der Waals surface area contributed by atoms with Gasteiger partial charge in [-0.1, -0.05) is 40.8 Å². The van der Waals surface area contributed by atoms with Crippen molar-refractivity contribution in [3.63, 3.8) is 0 Å². The molecule has 0 rings (SSSR count). The second-order valence-corrected chi connectivity index (χ2v) is 12.5. The maximum absolute atomic E-state index is 6.34. The first-order chi connectivity index (χ1) is 5.12. The molecule has 0 saturated carbocycles. The van der Waals surface area contributed by atoms with Gasteiger partial charge in [0, 0.05) is 0 Å². The molecule has 0 aliphatic rings. The molecule has 0 heterocycles. The van der Waals surface area contributed by atoms with Crippen molar-refractivity contribution in [2.75, 3.05) is 0 Å². The van der Waals surface area contributed by atoms with Crippen LogP contribution in [-0.2, 0) is 0 Å². The highest BCUT2D eigenvalue weighted by Gasteiger charge is 2.29. The lowest BCUT2D eigenvalue weighted by molar-refractivity contribution is 0.317. The van der Waals surface area contributed by atoms with Crippen LogP contribution in [-0.4, -0.2) is 7.38 Å². The third kappa shape index (κ3) is 7.17. The first-order valence-corrected chi connectivity index (χ1v) is 9.03. The predicted octanol–water partition coefficient (Wildman–Crippen LogP) is 4.50. The first kappa shape index (κ1) is 12.5. The normalized spacial score (nSPS) is 14.0. The van der Waals surface area contributed by atoms with E-state index in [1.165, 1.54) is 12.5 Å². The fourth-order valence-electron chi connectivity index (χ4n) is 2.32. The summed E-state index contributed by atoms with van der Waals surface area (Å²) in [5, 5.41) is 0.